The van der Waals surface area contributed by atoms with Gasteiger partial charge in [0.1, 0.15) is 0 Å². The van der Waals surface area contributed by atoms with Crippen molar-refractivity contribution in [2.45, 2.75) is 25.3 Å². The average molecular weight is 212 g/mol. The van der Waals surface area contributed by atoms with Crippen LogP contribution in [-0.4, -0.2) is 50.2 Å². The normalized spacial score (nSPS) is 27.5. The minimum absolute atomic E-state index is 0.233. The number of piperazine rings is 1. The molecule has 0 aromatic carbocycles. The number of carbonyl (C=O) groups excluding carboxylic acids is 1. The minimum atomic E-state index is 0.233. The SMILES string of the molecule is COCC1CNCCN1C(=O)C1CCC1. The van der Waals surface area contributed by atoms with Crippen LogP contribution in [0.5, 0.6) is 0 Å². The van der Waals surface area contributed by atoms with Crippen molar-refractivity contribution >= 4 is 5.91 Å². The lowest BCUT2D eigenvalue weighted by Crippen LogP contribution is -2.57. The van der Waals surface area contributed by atoms with Gasteiger partial charge in [0, 0.05) is 32.7 Å². The van der Waals surface area contributed by atoms with Crippen molar-refractivity contribution in [3.63, 3.8) is 0 Å². The quantitative estimate of drug-likeness (QED) is 0.728. The van der Waals surface area contributed by atoms with Crippen LogP contribution in [0.1, 0.15) is 19.3 Å². The molecule has 1 heterocycles. The first-order chi connectivity index (χ1) is 7.33. The number of ether oxygens (including phenoxy) is 1. The Bertz CT molecular complexity index is 227. The lowest BCUT2D eigenvalue weighted by atomic mass is 9.84. The van der Waals surface area contributed by atoms with E-state index in [0.717, 1.165) is 32.5 Å². The number of hydrogen-bond donors (Lipinski definition) is 1. The maximum Gasteiger partial charge on any atom is 0.226 e. The largest absolute Gasteiger partial charge is 0.382 e. The summed E-state index contributed by atoms with van der Waals surface area (Å²) in [7, 11) is 1.70. The molecule has 0 bridgehead atoms. The summed E-state index contributed by atoms with van der Waals surface area (Å²) in [6.45, 7) is 3.26. The molecule has 2 aliphatic rings. The van der Waals surface area contributed by atoms with Gasteiger partial charge in [0.15, 0.2) is 0 Å². The van der Waals surface area contributed by atoms with Crippen LogP contribution in [0.4, 0.5) is 0 Å². The summed E-state index contributed by atoms with van der Waals surface area (Å²) in [5.74, 6) is 0.659. The van der Waals surface area contributed by atoms with Crippen LogP contribution >= 0.6 is 0 Å². The summed E-state index contributed by atoms with van der Waals surface area (Å²) in [4.78, 5) is 14.1. The molecule has 1 amide bonds. The standard InChI is InChI=1S/C11H20N2O2/c1-15-8-10-7-12-5-6-13(10)11(14)9-3-2-4-9/h9-10,12H,2-8H2,1H3. The average Bonchev–Trinajstić information content (AvgIpc) is 2.16. The summed E-state index contributed by atoms with van der Waals surface area (Å²) < 4.78 is 5.16. The summed E-state index contributed by atoms with van der Waals surface area (Å²) in [6.07, 6.45) is 3.39. The van der Waals surface area contributed by atoms with E-state index in [9.17, 15) is 4.79 Å². The van der Waals surface area contributed by atoms with E-state index >= 15 is 0 Å². The van der Waals surface area contributed by atoms with Gasteiger partial charge in [-0.2, -0.15) is 0 Å². The van der Waals surface area contributed by atoms with Crippen LogP contribution in [0.3, 0.4) is 0 Å². The summed E-state index contributed by atoms with van der Waals surface area (Å²) in [6, 6.07) is 0.233. The molecule has 1 N–H and O–H groups in total. The maximum absolute atomic E-state index is 12.1. The number of nitrogens with zero attached hydrogens (tertiary/aromatic N) is 1. The first kappa shape index (κ1) is 10.9. The molecule has 4 nitrogen and oxygen atoms in total. The van der Waals surface area contributed by atoms with E-state index < -0.39 is 0 Å². The topological polar surface area (TPSA) is 41.6 Å². The third-order valence-corrected chi connectivity index (χ3v) is 3.45. The molecule has 1 atom stereocenters. The van der Waals surface area contributed by atoms with E-state index in [-0.39, 0.29) is 6.04 Å². The highest BCUT2D eigenvalue weighted by atomic mass is 16.5. The Morgan fingerprint density at radius 1 is 1.53 bits per heavy atom. The Labute approximate surface area is 91.0 Å². The predicted molar refractivity (Wildman–Crippen MR) is 57.6 cm³/mol. The lowest BCUT2D eigenvalue weighted by Gasteiger charge is -2.39. The Balaban J connectivity index is 1.93. The number of carbonyl (C=O) groups is 1. The highest BCUT2D eigenvalue weighted by molar-refractivity contribution is 5.80. The van der Waals surface area contributed by atoms with E-state index in [4.69, 9.17) is 4.74 Å². The Hall–Kier alpha value is -0.610. The van der Waals surface area contributed by atoms with Crippen molar-refractivity contribution in [1.29, 1.82) is 0 Å². The number of methoxy groups -OCH3 is 1. The van der Waals surface area contributed by atoms with Gasteiger partial charge in [-0.25, -0.2) is 0 Å². The van der Waals surface area contributed by atoms with E-state index in [1.54, 1.807) is 7.11 Å². The van der Waals surface area contributed by atoms with Crippen molar-refractivity contribution in [3.05, 3.63) is 0 Å². The van der Waals surface area contributed by atoms with Gasteiger partial charge < -0.3 is 15.0 Å². The van der Waals surface area contributed by atoms with Gasteiger partial charge in [-0.3, -0.25) is 4.79 Å². The van der Waals surface area contributed by atoms with Gasteiger partial charge in [-0.1, -0.05) is 6.42 Å². The molecule has 2 rings (SSSR count). The fourth-order valence-electron chi connectivity index (χ4n) is 2.28. The van der Waals surface area contributed by atoms with Gasteiger partial charge in [0.2, 0.25) is 5.91 Å². The molecular formula is C11H20N2O2. The number of nitrogens with one attached hydrogen (secondary N) is 1. The zero-order chi connectivity index (χ0) is 10.7. The summed E-state index contributed by atoms with van der Waals surface area (Å²) in [5.41, 5.74) is 0. The third kappa shape index (κ3) is 2.32. The predicted octanol–water partition coefficient (Wildman–Crippen LogP) is 0.233. The van der Waals surface area contributed by atoms with Crippen LogP contribution in [-0.2, 0) is 9.53 Å². The summed E-state index contributed by atoms with van der Waals surface area (Å²) in [5, 5.41) is 3.31. The minimum Gasteiger partial charge on any atom is -0.382 e. The van der Waals surface area contributed by atoms with Crippen molar-refractivity contribution in [1.82, 2.24) is 10.2 Å². The number of amides is 1. The smallest absolute Gasteiger partial charge is 0.226 e. The van der Waals surface area contributed by atoms with Crippen LogP contribution in [0.25, 0.3) is 0 Å². The first-order valence-electron chi connectivity index (χ1n) is 5.83. The molecule has 0 aromatic rings. The second kappa shape index (κ2) is 4.94. The fraction of sp³-hybridized carbons (Fsp3) is 0.909. The van der Waals surface area contributed by atoms with Crippen LogP contribution in [0, 0.1) is 5.92 Å². The van der Waals surface area contributed by atoms with E-state index in [1.807, 2.05) is 4.90 Å². The zero-order valence-corrected chi connectivity index (χ0v) is 9.37. The monoisotopic (exact) mass is 212 g/mol. The maximum atomic E-state index is 12.1. The number of hydrogen-bond acceptors (Lipinski definition) is 3. The fourth-order valence-corrected chi connectivity index (χ4v) is 2.28. The van der Waals surface area contributed by atoms with Gasteiger partial charge in [0.05, 0.1) is 12.6 Å². The molecule has 86 valence electrons. The van der Waals surface area contributed by atoms with Crippen LogP contribution in [0.15, 0.2) is 0 Å². The number of rotatable bonds is 3. The highest BCUT2D eigenvalue weighted by Crippen LogP contribution is 2.29. The molecule has 0 radical (unpaired) electrons. The molecule has 1 saturated carbocycles. The second-order valence-electron chi connectivity index (χ2n) is 4.47. The van der Waals surface area contributed by atoms with Gasteiger partial charge in [-0.05, 0) is 12.8 Å². The molecule has 15 heavy (non-hydrogen) atoms. The Kier molecular flexibility index (Phi) is 3.59. The lowest BCUT2D eigenvalue weighted by molar-refractivity contribution is -0.142. The van der Waals surface area contributed by atoms with Gasteiger partial charge in [0.25, 0.3) is 0 Å². The Morgan fingerprint density at radius 2 is 2.33 bits per heavy atom. The van der Waals surface area contributed by atoms with Crippen LogP contribution in [0.2, 0.25) is 0 Å². The van der Waals surface area contributed by atoms with Gasteiger partial charge >= 0.3 is 0 Å². The molecular weight excluding hydrogens is 192 g/mol. The van der Waals surface area contributed by atoms with Crippen molar-refractivity contribution in [2.75, 3.05) is 33.4 Å². The molecule has 2 fully saturated rings. The molecule has 1 saturated heterocycles. The summed E-state index contributed by atoms with van der Waals surface area (Å²) >= 11 is 0. The third-order valence-electron chi connectivity index (χ3n) is 3.45. The van der Waals surface area contributed by atoms with Crippen molar-refractivity contribution < 1.29 is 9.53 Å². The molecule has 1 aliphatic heterocycles. The second-order valence-corrected chi connectivity index (χ2v) is 4.47. The zero-order valence-electron chi connectivity index (χ0n) is 9.37. The molecule has 0 spiro atoms. The molecule has 1 aliphatic carbocycles. The Morgan fingerprint density at radius 3 is 2.93 bits per heavy atom. The van der Waals surface area contributed by atoms with E-state index in [1.165, 1.54) is 6.42 Å². The van der Waals surface area contributed by atoms with Crippen molar-refractivity contribution in [3.8, 4) is 0 Å². The van der Waals surface area contributed by atoms with Gasteiger partial charge in [-0.15, -0.1) is 0 Å². The van der Waals surface area contributed by atoms with Crippen molar-refractivity contribution in [2.24, 2.45) is 5.92 Å². The molecule has 1 unspecified atom stereocenters. The highest BCUT2D eigenvalue weighted by Gasteiger charge is 2.34. The van der Waals surface area contributed by atoms with Crippen LogP contribution < -0.4 is 5.32 Å². The van der Waals surface area contributed by atoms with E-state index in [0.29, 0.717) is 18.4 Å². The molecule has 0 aromatic heterocycles. The molecule has 4 heteroatoms. The van der Waals surface area contributed by atoms with E-state index in [2.05, 4.69) is 5.32 Å². The first-order valence-corrected chi connectivity index (χ1v) is 5.83.